The Morgan fingerprint density at radius 2 is 0.943 bits per heavy atom. The Bertz CT molecular complexity index is 3440. The highest BCUT2D eigenvalue weighted by Crippen LogP contribution is 2.41. The van der Waals surface area contributed by atoms with Gasteiger partial charge in [-0.1, -0.05) is 176 Å². The second-order valence-corrected chi connectivity index (χ2v) is 12.5. The van der Waals surface area contributed by atoms with Crippen LogP contribution in [-0.4, -0.2) is 19.5 Å². The van der Waals surface area contributed by atoms with Crippen LogP contribution in [-0.2, 0) is 0 Å². The summed E-state index contributed by atoms with van der Waals surface area (Å²) >= 11 is 0. The summed E-state index contributed by atoms with van der Waals surface area (Å²) in [6.07, 6.45) is 0. The molecule has 0 fully saturated rings. The maximum Gasteiger partial charge on any atom is 0.164 e. The SMILES string of the molecule is [2H]c1c([2H])c([2H])c(-c2cccc3c2c2c([2H])c([2H])c([2H])c([2H])c2n3-c2cccc3c(-c4nc(-c5ccccc5)nc(-c5ccccc5-c5ccccc5)n4)cccc23)c([2H])c1[2H]. The van der Waals surface area contributed by atoms with Gasteiger partial charge >= 0.3 is 0 Å². The van der Waals surface area contributed by atoms with E-state index in [-0.39, 0.29) is 34.1 Å². The molecule has 4 heteroatoms. The number of rotatable bonds is 6. The minimum atomic E-state index is -0.534. The highest BCUT2D eigenvalue weighted by Gasteiger charge is 2.20. The van der Waals surface area contributed by atoms with Crippen LogP contribution in [0.1, 0.15) is 12.3 Å². The maximum atomic E-state index is 9.28. The van der Waals surface area contributed by atoms with E-state index in [4.69, 9.17) is 24.5 Å². The first-order chi connectivity index (χ1) is 30.0. The van der Waals surface area contributed by atoms with Crippen LogP contribution in [0.3, 0.4) is 0 Å². The number of aromatic nitrogens is 4. The Morgan fingerprint density at radius 3 is 1.75 bits per heavy atom. The Labute approximate surface area is 320 Å². The van der Waals surface area contributed by atoms with E-state index in [1.54, 1.807) is 22.8 Å². The van der Waals surface area contributed by atoms with Crippen LogP contribution in [0, 0.1) is 0 Å². The Hall–Kier alpha value is -7.17. The Morgan fingerprint density at radius 1 is 0.358 bits per heavy atom. The topological polar surface area (TPSA) is 43.6 Å². The molecule has 0 saturated carbocycles. The number of benzene rings is 8. The van der Waals surface area contributed by atoms with Crippen molar-refractivity contribution in [3.05, 3.63) is 194 Å². The molecule has 0 spiro atoms. The number of nitrogens with zero attached hydrogens (tertiary/aromatic N) is 4. The molecule has 0 saturated heterocycles. The van der Waals surface area contributed by atoms with Gasteiger partial charge in [-0.15, -0.1) is 0 Å². The van der Waals surface area contributed by atoms with Crippen molar-refractivity contribution in [3.8, 4) is 62.1 Å². The van der Waals surface area contributed by atoms with E-state index in [0.29, 0.717) is 39.6 Å². The summed E-state index contributed by atoms with van der Waals surface area (Å²) in [5.74, 6) is 1.40. The molecule has 53 heavy (non-hydrogen) atoms. The average molecular weight is 686 g/mol. The van der Waals surface area contributed by atoms with Gasteiger partial charge < -0.3 is 4.57 Å². The zero-order valence-electron chi connectivity index (χ0n) is 37.1. The summed E-state index contributed by atoms with van der Waals surface area (Å²) in [6, 6.07) is 40.5. The standard InChI is InChI=1S/C49H32N4/c1-4-17-33(18-5-1)36-23-10-11-24-40(36)48-50-47(35-21-8-3-9-22-35)51-49(52-48)41-29-14-28-39-38(41)27-16-31-43(39)53-44-30-13-12-25-42(44)46-37(26-15-32-45(46)53)34-19-6-2-7-20-34/h1-32H/i2D,6D,7D,12D,13D,19D,20D,25D,30D. The largest absolute Gasteiger partial charge is 0.309 e. The van der Waals surface area contributed by atoms with E-state index in [1.165, 1.54) is 0 Å². The van der Waals surface area contributed by atoms with Crippen LogP contribution in [0.4, 0.5) is 0 Å². The first-order valence-electron chi connectivity index (χ1n) is 21.6. The first-order valence-corrected chi connectivity index (χ1v) is 17.1. The maximum absolute atomic E-state index is 9.28. The van der Waals surface area contributed by atoms with Crippen molar-refractivity contribution in [2.24, 2.45) is 0 Å². The zero-order valence-corrected chi connectivity index (χ0v) is 28.1. The molecule has 0 radical (unpaired) electrons. The highest BCUT2D eigenvalue weighted by molar-refractivity contribution is 6.16. The summed E-state index contributed by atoms with van der Waals surface area (Å²) in [5.41, 5.74) is 5.71. The van der Waals surface area contributed by atoms with Gasteiger partial charge in [0.1, 0.15) is 0 Å². The summed E-state index contributed by atoms with van der Waals surface area (Å²) in [4.78, 5) is 15.2. The van der Waals surface area contributed by atoms with Gasteiger partial charge in [0.2, 0.25) is 0 Å². The van der Waals surface area contributed by atoms with Crippen LogP contribution >= 0.6 is 0 Å². The van der Waals surface area contributed by atoms with Gasteiger partial charge in [-0.05, 0) is 45.8 Å². The van der Waals surface area contributed by atoms with Crippen LogP contribution in [0.2, 0.25) is 0 Å². The van der Waals surface area contributed by atoms with Crippen molar-refractivity contribution in [1.82, 2.24) is 19.5 Å². The molecule has 0 aliphatic rings. The lowest BCUT2D eigenvalue weighted by Crippen LogP contribution is -2.02. The third kappa shape index (κ3) is 5.28. The second-order valence-electron chi connectivity index (χ2n) is 12.5. The van der Waals surface area contributed by atoms with Gasteiger partial charge in [0.25, 0.3) is 0 Å². The lowest BCUT2D eigenvalue weighted by molar-refractivity contribution is 1.08. The van der Waals surface area contributed by atoms with Crippen molar-refractivity contribution in [2.45, 2.75) is 0 Å². The lowest BCUT2D eigenvalue weighted by atomic mass is 9.99. The quantitative estimate of drug-likeness (QED) is 0.175. The zero-order chi connectivity index (χ0) is 43.0. The number of fused-ring (bicyclic) bond motifs is 4. The van der Waals surface area contributed by atoms with Crippen molar-refractivity contribution < 1.29 is 12.3 Å². The molecule has 10 rings (SSSR count). The Kier molecular flexibility index (Phi) is 5.49. The van der Waals surface area contributed by atoms with Gasteiger partial charge in [-0.25, -0.2) is 15.0 Å². The molecular weight excluding hydrogens is 645 g/mol. The molecule has 0 amide bonds. The van der Waals surface area contributed by atoms with Gasteiger partial charge in [0.05, 0.1) is 29.1 Å². The molecule has 0 atom stereocenters. The minimum absolute atomic E-state index is 0.0676. The van der Waals surface area contributed by atoms with Gasteiger partial charge in [0.15, 0.2) is 17.5 Å². The minimum Gasteiger partial charge on any atom is -0.309 e. The molecule has 0 bridgehead atoms. The van der Waals surface area contributed by atoms with E-state index in [0.717, 1.165) is 33.0 Å². The van der Waals surface area contributed by atoms with Crippen LogP contribution in [0.25, 0.3) is 94.7 Å². The molecule has 10 aromatic rings. The summed E-state index contributed by atoms with van der Waals surface area (Å²) < 4.78 is 80.6. The van der Waals surface area contributed by atoms with E-state index in [2.05, 4.69) is 0 Å². The van der Waals surface area contributed by atoms with Crippen molar-refractivity contribution >= 4 is 32.6 Å². The molecule has 2 aromatic heterocycles. The molecule has 0 unspecified atom stereocenters. The lowest BCUT2D eigenvalue weighted by Gasteiger charge is -2.15. The summed E-state index contributed by atoms with van der Waals surface area (Å²) in [6.45, 7) is 0. The predicted molar refractivity (Wildman–Crippen MR) is 219 cm³/mol. The number of hydrogen-bond acceptors (Lipinski definition) is 3. The van der Waals surface area contributed by atoms with Crippen LogP contribution in [0.5, 0.6) is 0 Å². The predicted octanol–water partition coefficient (Wildman–Crippen LogP) is 12.5. The normalized spacial score (nSPS) is 13.8. The smallest absolute Gasteiger partial charge is 0.164 e. The summed E-state index contributed by atoms with van der Waals surface area (Å²) in [7, 11) is 0. The van der Waals surface area contributed by atoms with Crippen LogP contribution in [0.15, 0.2) is 194 Å². The van der Waals surface area contributed by atoms with E-state index >= 15 is 0 Å². The van der Waals surface area contributed by atoms with Gasteiger partial charge in [-0.3, -0.25) is 0 Å². The fourth-order valence-corrected chi connectivity index (χ4v) is 7.17. The third-order valence-electron chi connectivity index (χ3n) is 9.50. The molecule has 8 aromatic carbocycles. The number of para-hydroxylation sites is 1. The number of hydrogen-bond donors (Lipinski definition) is 0. The van der Waals surface area contributed by atoms with E-state index < -0.39 is 42.3 Å². The van der Waals surface area contributed by atoms with E-state index in [1.807, 2.05) is 121 Å². The molecule has 4 nitrogen and oxygen atoms in total. The molecule has 0 aliphatic heterocycles. The van der Waals surface area contributed by atoms with Crippen molar-refractivity contribution in [3.63, 3.8) is 0 Å². The molecule has 0 aliphatic carbocycles. The van der Waals surface area contributed by atoms with Gasteiger partial charge in [-0.2, -0.15) is 0 Å². The second kappa shape index (κ2) is 12.9. The van der Waals surface area contributed by atoms with Crippen molar-refractivity contribution in [1.29, 1.82) is 0 Å². The molecular formula is C49H32N4. The van der Waals surface area contributed by atoms with Gasteiger partial charge in [0, 0.05) is 32.8 Å². The average Bonchev–Trinajstić information content (AvgIpc) is 3.67. The molecule has 0 N–H and O–H groups in total. The first kappa shape index (κ1) is 22.6. The molecule has 2 heterocycles. The monoisotopic (exact) mass is 685 g/mol. The summed E-state index contributed by atoms with van der Waals surface area (Å²) in [5, 5.41) is 1.97. The fraction of sp³-hybridized carbons (Fsp3) is 0. The van der Waals surface area contributed by atoms with E-state index in [9.17, 15) is 2.74 Å². The fourth-order valence-electron chi connectivity index (χ4n) is 7.17. The van der Waals surface area contributed by atoms with Crippen molar-refractivity contribution in [2.75, 3.05) is 0 Å². The Balaban J connectivity index is 1.27. The highest BCUT2D eigenvalue weighted by atomic mass is 15.0. The van der Waals surface area contributed by atoms with Crippen LogP contribution < -0.4 is 0 Å². The third-order valence-corrected chi connectivity index (χ3v) is 9.50. The molecule has 248 valence electrons.